The fourth-order valence-corrected chi connectivity index (χ4v) is 4.89. The number of rotatable bonds is 4. The van der Waals surface area contributed by atoms with Gasteiger partial charge in [-0.15, -0.1) is 16.8 Å². The molecule has 2 aliphatic carbocycles. The summed E-state index contributed by atoms with van der Waals surface area (Å²) < 4.78 is 42.5. The van der Waals surface area contributed by atoms with Crippen LogP contribution in [0.4, 0.5) is 10.1 Å². The molecule has 2 heterocycles. The molecule has 1 amide bonds. The molecule has 2 aromatic rings. The van der Waals surface area contributed by atoms with Gasteiger partial charge < -0.3 is 28.6 Å². The summed E-state index contributed by atoms with van der Waals surface area (Å²) in [6, 6.07) is 0.176. The van der Waals surface area contributed by atoms with Gasteiger partial charge in [0.25, 0.3) is 0 Å². The average molecular weight is 457 g/mol. The van der Waals surface area contributed by atoms with Gasteiger partial charge in [0.05, 0.1) is 19.0 Å². The molecule has 0 bridgehead atoms. The van der Waals surface area contributed by atoms with Gasteiger partial charge in [-0.2, -0.15) is 5.10 Å². The first-order valence-electron chi connectivity index (χ1n) is 9.98. The van der Waals surface area contributed by atoms with Crippen LogP contribution in [-0.2, 0) is 56.1 Å². The van der Waals surface area contributed by atoms with E-state index >= 15 is 0 Å². The van der Waals surface area contributed by atoms with Crippen molar-refractivity contribution in [1.82, 2.24) is 15.1 Å². The Hall–Kier alpha value is -1.46. The van der Waals surface area contributed by atoms with Gasteiger partial charge in [0.1, 0.15) is 12.4 Å². The van der Waals surface area contributed by atoms with E-state index < -0.39 is 10.7 Å². The molecule has 31 heavy (non-hydrogen) atoms. The number of nitrogens with one attached hydrogen (secondary N) is 2. The number of fused-ring (bicyclic) bond motifs is 3. The Morgan fingerprint density at radius 3 is 2.32 bits per heavy atom. The van der Waals surface area contributed by atoms with Crippen molar-refractivity contribution in [3.63, 3.8) is 0 Å². The molecule has 1 aromatic carbocycles. The number of hydrogen-bond donors (Lipinski definition) is 2. The second-order valence-electron chi connectivity index (χ2n) is 7.56. The normalized spacial score (nSPS) is 18.1. The van der Waals surface area contributed by atoms with Crippen molar-refractivity contribution in [3.05, 3.63) is 34.3 Å². The van der Waals surface area contributed by atoms with Gasteiger partial charge in [-0.1, -0.05) is 0 Å². The zero-order valence-electron chi connectivity index (χ0n) is 17.6. The van der Waals surface area contributed by atoms with Crippen molar-refractivity contribution in [3.8, 4) is 5.88 Å². The van der Waals surface area contributed by atoms with Crippen LogP contribution in [0, 0.1) is 5.82 Å². The monoisotopic (exact) mass is 457 g/mol. The molecule has 0 fully saturated rings. The molecule has 5 rings (SSSR count). The summed E-state index contributed by atoms with van der Waals surface area (Å²) in [5.74, 6) is 0.335. The van der Waals surface area contributed by atoms with Gasteiger partial charge in [-0.3, -0.25) is 0 Å². The van der Waals surface area contributed by atoms with E-state index in [1.54, 1.807) is 11.1 Å². The topological polar surface area (TPSA) is 102 Å². The zero-order valence-corrected chi connectivity index (χ0v) is 20.4. The Kier molecular flexibility index (Phi) is 8.14. The Labute approximate surface area is 204 Å². The minimum absolute atomic E-state index is 0. The van der Waals surface area contributed by atoms with Crippen molar-refractivity contribution in [2.75, 3.05) is 19.0 Å². The van der Waals surface area contributed by atoms with Crippen molar-refractivity contribution < 1.29 is 51.9 Å². The summed E-state index contributed by atoms with van der Waals surface area (Å²) in [6.45, 7) is 1.09. The van der Waals surface area contributed by atoms with Crippen LogP contribution in [0.5, 0.6) is 5.88 Å². The average Bonchev–Trinajstić information content (AvgIpc) is 3.50. The van der Waals surface area contributed by atoms with Crippen LogP contribution in [-0.4, -0.2) is 35.9 Å². The van der Waals surface area contributed by atoms with E-state index in [1.165, 1.54) is 6.20 Å². The number of ether oxygens (including phenoxy) is 1. The molecular formula is C20H23FN4NaO4S-. The van der Waals surface area contributed by atoms with E-state index in [0.29, 0.717) is 19.0 Å². The Morgan fingerprint density at radius 2 is 1.77 bits per heavy atom. The molecule has 1 aliphatic heterocycles. The summed E-state index contributed by atoms with van der Waals surface area (Å²) in [4.78, 5) is 10.7. The Morgan fingerprint density at radius 1 is 1.16 bits per heavy atom. The molecular weight excluding hydrogens is 434 g/mol. The maximum absolute atomic E-state index is 14.2. The third kappa shape index (κ3) is 4.68. The van der Waals surface area contributed by atoms with Gasteiger partial charge in [0, 0.05) is 11.1 Å². The summed E-state index contributed by atoms with van der Waals surface area (Å²) in [5.41, 5.74) is 4.55. The zero-order chi connectivity index (χ0) is 21.3. The smallest absolute Gasteiger partial charge is 0.490 e. The molecule has 3 aliphatic rings. The fourth-order valence-electron chi connectivity index (χ4n) is 4.45. The first kappa shape index (κ1) is 24.2. The minimum atomic E-state index is -2.28. The third-order valence-electron chi connectivity index (χ3n) is 5.91. The van der Waals surface area contributed by atoms with Gasteiger partial charge in [0.2, 0.25) is 0 Å². The maximum Gasteiger partial charge on any atom is 1.00 e. The van der Waals surface area contributed by atoms with Gasteiger partial charge in [-0.25, -0.2) is 9.07 Å². The predicted octanol–water partition coefficient (Wildman–Crippen LogP) is -1.18. The maximum atomic E-state index is 14.2. The quantitative estimate of drug-likeness (QED) is 0.259. The molecule has 1 aromatic heterocycles. The van der Waals surface area contributed by atoms with Crippen LogP contribution < -0.4 is 44.9 Å². The number of amides is 1. The van der Waals surface area contributed by atoms with Crippen LogP contribution in [0.2, 0.25) is 0 Å². The third-order valence-corrected chi connectivity index (χ3v) is 6.55. The minimum Gasteiger partial charge on any atom is -0.490 e. The second-order valence-corrected chi connectivity index (χ2v) is 8.47. The summed E-state index contributed by atoms with van der Waals surface area (Å²) in [6.07, 6.45) is 8.39. The summed E-state index contributed by atoms with van der Waals surface area (Å²) >= 11 is 0. The van der Waals surface area contributed by atoms with Crippen molar-refractivity contribution in [2.45, 2.75) is 56.0 Å². The van der Waals surface area contributed by atoms with Gasteiger partial charge in [0.15, 0.2) is 5.88 Å². The van der Waals surface area contributed by atoms with E-state index in [-0.39, 0.29) is 46.3 Å². The predicted molar refractivity (Wildman–Crippen MR) is 107 cm³/mol. The van der Waals surface area contributed by atoms with Crippen molar-refractivity contribution in [1.29, 1.82) is 0 Å². The van der Waals surface area contributed by atoms with E-state index in [2.05, 4.69) is 15.7 Å². The number of benzene rings is 1. The first-order chi connectivity index (χ1) is 14.5. The second kappa shape index (κ2) is 10.4. The number of likely N-dealkylation sites (N-methyl/N-ethyl adjacent to an activating group) is 1. The Balaban J connectivity index is 0.000000172. The van der Waals surface area contributed by atoms with E-state index in [9.17, 15) is 17.6 Å². The number of halogens is 1. The molecule has 0 saturated carbocycles. The largest absolute Gasteiger partial charge is 1.00 e. The molecule has 0 unspecified atom stereocenters. The van der Waals surface area contributed by atoms with Crippen LogP contribution in [0.25, 0.3) is 0 Å². The van der Waals surface area contributed by atoms with E-state index in [4.69, 9.17) is 4.74 Å². The molecule has 2 N–H and O–H groups in total. The molecule has 11 heteroatoms. The van der Waals surface area contributed by atoms with E-state index in [0.717, 1.165) is 66.5 Å². The molecule has 8 nitrogen and oxygen atoms in total. The SMILES string of the molecule is CN[C@H]1COc2c([S-](=O)=O)cnn2C1.O=[C-]Nc1c2c(c(F)c3c1CCC3)CCC2.[Na+]. The summed E-state index contributed by atoms with van der Waals surface area (Å²) in [7, 11) is -0.451. The fraction of sp³-hybridized carbons (Fsp3) is 0.500. The number of hydrogen-bond acceptors (Lipinski definition) is 7. The van der Waals surface area contributed by atoms with Crippen LogP contribution in [0.3, 0.4) is 0 Å². The number of anilines is 1. The van der Waals surface area contributed by atoms with Crippen LogP contribution >= 0.6 is 0 Å². The molecule has 0 radical (unpaired) electrons. The molecule has 0 spiro atoms. The van der Waals surface area contributed by atoms with E-state index in [1.807, 2.05) is 7.05 Å². The van der Waals surface area contributed by atoms with Crippen molar-refractivity contribution in [2.24, 2.45) is 0 Å². The summed E-state index contributed by atoms with van der Waals surface area (Å²) in [5, 5.41) is 9.64. The number of carbonyl (C=O) groups excluding carboxylic acids is 1. The van der Waals surface area contributed by atoms with Gasteiger partial charge in [-0.05, 0) is 67.4 Å². The molecule has 1 atom stereocenters. The van der Waals surface area contributed by atoms with Crippen LogP contribution in [0.1, 0.15) is 35.1 Å². The number of nitrogens with zero attached hydrogens (tertiary/aromatic N) is 2. The Bertz CT molecular complexity index is 1010. The molecule has 0 saturated heterocycles. The molecule has 162 valence electrons. The van der Waals surface area contributed by atoms with Crippen molar-refractivity contribution >= 4 is 22.8 Å². The number of aromatic nitrogens is 2. The first-order valence-corrected chi connectivity index (χ1v) is 11.1. The van der Waals surface area contributed by atoms with Crippen LogP contribution in [0.15, 0.2) is 11.1 Å². The standard InChI is InChI=1S/C13H13FNO.C7H10N3O3S.Na/c14-12-8-3-1-5-10(8)13(15-7-16)11-6-2-4-9(11)12;1-8-5-3-10-7(13-4-5)6(2-9-10)14(11)12;/h1-6H2,(H,15,16);2,5,8H,3-4H2,1H3;/q2*-1;+1/t;5-;/m.1./s1. The van der Waals surface area contributed by atoms with Gasteiger partial charge >= 0.3 is 29.6 Å².